The van der Waals surface area contributed by atoms with Crippen LogP contribution in [0.2, 0.25) is 0 Å². The van der Waals surface area contributed by atoms with E-state index in [1.54, 1.807) is 12.4 Å². The van der Waals surface area contributed by atoms with Gasteiger partial charge in [-0.25, -0.2) is 0 Å². The van der Waals surface area contributed by atoms with Crippen molar-refractivity contribution in [3.8, 4) is 0 Å². The highest BCUT2D eigenvalue weighted by molar-refractivity contribution is 6.35. The fraction of sp³-hybridized carbons (Fsp3) is 0.409. The number of nitrogens with one attached hydrogen (secondary N) is 2. The van der Waals surface area contributed by atoms with Crippen LogP contribution in [0.3, 0.4) is 0 Å². The lowest BCUT2D eigenvalue weighted by Crippen LogP contribution is -2.46. The molecule has 29 heavy (non-hydrogen) atoms. The van der Waals surface area contributed by atoms with Crippen molar-refractivity contribution in [1.29, 1.82) is 0 Å². The summed E-state index contributed by atoms with van der Waals surface area (Å²) in [4.78, 5) is 30.8. The molecular formula is C22H28N4O3. The molecule has 7 nitrogen and oxygen atoms in total. The minimum absolute atomic E-state index is 0.0394. The minimum Gasteiger partial charge on any atom is -0.379 e. The van der Waals surface area contributed by atoms with E-state index in [1.807, 2.05) is 30.3 Å². The molecule has 0 radical (unpaired) electrons. The Bertz CT molecular complexity index is 764. The molecule has 1 aromatic heterocycles. The first-order chi connectivity index (χ1) is 14.2. The van der Waals surface area contributed by atoms with Crippen molar-refractivity contribution >= 4 is 11.8 Å². The Hall–Kier alpha value is -2.77. The van der Waals surface area contributed by atoms with E-state index >= 15 is 0 Å². The number of aryl methyl sites for hydroxylation is 1. The lowest BCUT2D eigenvalue weighted by Gasteiger charge is -2.34. The highest BCUT2D eigenvalue weighted by Crippen LogP contribution is 2.20. The number of rotatable bonds is 8. The van der Waals surface area contributed by atoms with Crippen LogP contribution in [0.4, 0.5) is 0 Å². The number of nitrogens with zero attached hydrogens (tertiary/aromatic N) is 2. The Morgan fingerprint density at radius 2 is 1.79 bits per heavy atom. The van der Waals surface area contributed by atoms with Crippen LogP contribution < -0.4 is 10.6 Å². The quantitative estimate of drug-likeness (QED) is 0.519. The number of aromatic nitrogens is 1. The van der Waals surface area contributed by atoms with Gasteiger partial charge >= 0.3 is 11.8 Å². The Balaban J connectivity index is 1.45. The number of carbonyl (C=O) groups is 2. The van der Waals surface area contributed by atoms with E-state index in [1.165, 1.54) is 5.56 Å². The van der Waals surface area contributed by atoms with Crippen molar-refractivity contribution in [2.45, 2.75) is 18.9 Å². The van der Waals surface area contributed by atoms with Gasteiger partial charge in [0.2, 0.25) is 0 Å². The lowest BCUT2D eigenvalue weighted by atomic mass is 10.1. The second kappa shape index (κ2) is 11.3. The van der Waals surface area contributed by atoms with E-state index < -0.39 is 11.8 Å². The van der Waals surface area contributed by atoms with E-state index in [9.17, 15) is 9.59 Å². The predicted octanol–water partition coefficient (Wildman–Crippen LogP) is 1.32. The molecule has 1 aromatic carbocycles. The first kappa shape index (κ1) is 21.0. The summed E-state index contributed by atoms with van der Waals surface area (Å²) in [5, 5.41) is 5.47. The standard InChI is InChI=1S/C22H28N4O3/c27-21(24-11-4-8-18-6-2-1-3-7-18)22(28)25-17-20(19-9-5-10-23-16-19)26-12-14-29-15-13-26/h1-3,5-7,9-10,16,20H,4,8,11-15,17H2,(H,24,27)(H,25,28)/t20-/m0/s1. The topological polar surface area (TPSA) is 83.6 Å². The van der Waals surface area contributed by atoms with Gasteiger partial charge in [0.25, 0.3) is 0 Å². The van der Waals surface area contributed by atoms with Crippen LogP contribution >= 0.6 is 0 Å². The van der Waals surface area contributed by atoms with Crippen molar-refractivity contribution < 1.29 is 14.3 Å². The summed E-state index contributed by atoms with van der Waals surface area (Å²) in [6.07, 6.45) is 5.18. The largest absolute Gasteiger partial charge is 0.379 e. The van der Waals surface area contributed by atoms with E-state index in [4.69, 9.17) is 4.74 Å². The third kappa shape index (κ3) is 6.66. The van der Waals surface area contributed by atoms with Gasteiger partial charge in [-0.05, 0) is 30.0 Å². The molecule has 2 heterocycles. The van der Waals surface area contributed by atoms with Gasteiger partial charge in [-0.1, -0.05) is 36.4 Å². The monoisotopic (exact) mass is 396 g/mol. The van der Waals surface area contributed by atoms with Gasteiger partial charge < -0.3 is 15.4 Å². The van der Waals surface area contributed by atoms with Crippen LogP contribution in [-0.4, -0.2) is 61.1 Å². The van der Waals surface area contributed by atoms with Crippen molar-refractivity contribution in [2.24, 2.45) is 0 Å². The van der Waals surface area contributed by atoms with Crippen LogP contribution in [0.1, 0.15) is 23.6 Å². The smallest absolute Gasteiger partial charge is 0.309 e. The highest BCUT2D eigenvalue weighted by atomic mass is 16.5. The summed E-state index contributed by atoms with van der Waals surface area (Å²) < 4.78 is 5.43. The van der Waals surface area contributed by atoms with Crippen LogP contribution in [0.5, 0.6) is 0 Å². The van der Waals surface area contributed by atoms with Crippen molar-refractivity contribution in [3.05, 3.63) is 66.0 Å². The van der Waals surface area contributed by atoms with Gasteiger partial charge in [0.15, 0.2) is 0 Å². The van der Waals surface area contributed by atoms with E-state index in [0.717, 1.165) is 31.5 Å². The second-order valence-corrected chi connectivity index (χ2v) is 7.01. The summed E-state index contributed by atoms with van der Waals surface area (Å²) >= 11 is 0. The van der Waals surface area contributed by atoms with E-state index in [2.05, 4.69) is 32.7 Å². The zero-order valence-electron chi connectivity index (χ0n) is 16.5. The molecule has 1 fully saturated rings. The molecule has 2 aromatic rings. The number of hydrogen-bond donors (Lipinski definition) is 2. The number of pyridine rings is 1. The SMILES string of the molecule is O=C(NCCCc1ccccc1)C(=O)NC[C@@H](c1cccnc1)N1CCOCC1. The van der Waals surface area contributed by atoms with Gasteiger partial charge in [-0.3, -0.25) is 19.5 Å². The van der Waals surface area contributed by atoms with Crippen molar-refractivity contribution in [3.63, 3.8) is 0 Å². The first-order valence-corrected chi connectivity index (χ1v) is 10.1. The number of carbonyl (C=O) groups excluding carboxylic acids is 2. The van der Waals surface area contributed by atoms with Crippen molar-refractivity contribution in [2.75, 3.05) is 39.4 Å². The molecule has 1 saturated heterocycles. The van der Waals surface area contributed by atoms with E-state index in [-0.39, 0.29) is 6.04 Å². The maximum Gasteiger partial charge on any atom is 0.309 e. The molecule has 0 spiro atoms. The maximum absolute atomic E-state index is 12.2. The van der Waals surface area contributed by atoms with Crippen LogP contribution in [0.25, 0.3) is 0 Å². The van der Waals surface area contributed by atoms with Crippen LogP contribution in [-0.2, 0) is 20.7 Å². The average Bonchev–Trinajstić information content (AvgIpc) is 2.79. The molecular weight excluding hydrogens is 368 g/mol. The van der Waals surface area contributed by atoms with Gasteiger partial charge in [0.1, 0.15) is 0 Å². The Labute approximate surface area is 171 Å². The summed E-state index contributed by atoms with van der Waals surface area (Å²) in [5.41, 5.74) is 2.23. The first-order valence-electron chi connectivity index (χ1n) is 10.1. The normalized spacial score (nSPS) is 15.4. The van der Waals surface area contributed by atoms with Gasteiger partial charge in [0, 0.05) is 38.6 Å². The highest BCUT2D eigenvalue weighted by Gasteiger charge is 2.24. The zero-order chi connectivity index (χ0) is 20.3. The summed E-state index contributed by atoms with van der Waals surface area (Å²) in [5.74, 6) is -1.20. The molecule has 3 rings (SSSR count). The molecule has 0 saturated carbocycles. The predicted molar refractivity (Wildman–Crippen MR) is 110 cm³/mol. The third-order valence-corrected chi connectivity index (χ3v) is 4.99. The number of benzene rings is 1. The Kier molecular flexibility index (Phi) is 8.15. The molecule has 2 amide bonds. The molecule has 0 unspecified atom stereocenters. The fourth-order valence-corrected chi connectivity index (χ4v) is 3.41. The molecule has 1 aliphatic rings. The lowest BCUT2D eigenvalue weighted by molar-refractivity contribution is -0.139. The van der Waals surface area contributed by atoms with Gasteiger partial charge in [0.05, 0.1) is 19.3 Å². The number of morpholine rings is 1. The fourth-order valence-electron chi connectivity index (χ4n) is 3.41. The molecule has 7 heteroatoms. The zero-order valence-corrected chi connectivity index (χ0v) is 16.5. The Morgan fingerprint density at radius 3 is 2.52 bits per heavy atom. The van der Waals surface area contributed by atoms with Gasteiger partial charge in [-0.2, -0.15) is 0 Å². The average molecular weight is 396 g/mol. The van der Waals surface area contributed by atoms with Gasteiger partial charge in [-0.15, -0.1) is 0 Å². The van der Waals surface area contributed by atoms with E-state index in [0.29, 0.717) is 26.3 Å². The molecule has 1 aliphatic heterocycles. The molecule has 2 N–H and O–H groups in total. The number of ether oxygens (including phenoxy) is 1. The Morgan fingerprint density at radius 1 is 1.03 bits per heavy atom. The summed E-state index contributed by atoms with van der Waals surface area (Å²) in [7, 11) is 0. The third-order valence-electron chi connectivity index (χ3n) is 4.99. The van der Waals surface area contributed by atoms with Crippen LogP contribution in [0.15, 0.2) is 54.9 Å². The maximum atomic E-state index is 12.2. The molecule has 154 valence electrons. The second-order valence-electron chi connectivity index (χ2n) is 7.01. The molecule has 0 aliphatic carbocycles. The number of amides is 2. The number of hydrogen-bond acceptors (Lipinski definition) is 5. The summed E-state index contributed by atoms with van der Waals surface area (Å²) in [6.45, 7) is 3.69. The molecule has 0 bridgehead atoms. The van der Waals surface area contributed by atoms with Crippen molar-refractivity contribution in [1.82, 2.24) is 20.5 Å². The van der Waals surface area contributed by atoms with Crippen LogP contribution in [0, 0.1) is 0 Å². The molecule has 1 atom stereocenters. The minimum atomic E-state index is -0.605. The summed E-state index contributed by atoms with van der Waals surface area (Å²) in [6, 6.07) is 13.9.